The van der Waals surface area contributed by atoms with E-state index in [1.54, 1.807) is 11.8 Å². The molecule has 1 fully saturated rings. The van der Waals surface area contributed by atoms with Gasteiger partial charge >= 0.3 is 6.03 Å². The van der Waals surface area contributed by atoms with Gasteiger partial charge in [0, 0.05) is 23.7 Å². The number of urea groups is 1. The van der Waals surface area contributed by atoms with E-state index in [0.29, 0.717) is 13.0 Å². The number of hydrogen-bond donors (Lipinski definition) is 4. The van der Waals surface area contributed by atoms with Crippen molar-refractivity contribution in [3.63, 3.8) is 0 Å². The summed E-state index contributed by atoms with van der Waals surface area (Å²) in [5.74, 6) is 0.839. The Kier molecular flexibility index (Phi) is 6.77. The van der Waals surface area contributed by atoms with Crippen molar-refractivity contribution in [3.8, 4) is 0 Å². The summed E-state index contributed by atoms with van der Waals surface area (Å²) in [5.41, 5.74) is 2.41. The number of thioether (sulfide) groups is 1. The van der Waals surface area contributed by atoms with Crippen molar-refractivity contribution < 1.29 is 9.90 Å². The van der Waals surface area contributed by atoms with Gasteiger partial charge in [-0.2, -0.15) is 0 Å². The number of aryl methyl sites for hydroxylation is 1. The summed E-state index contributed by atoms with van der Waals surface area (Å²) in [6.45, 7) is 3.75. The summed E-state index contributed by atoms with van der Waals surface area (Å²) >= 11 is 1.69. The first-order chi connectivity index (χ1) is 13.0. The molecule has 0 spiro atoms. The average Bonchev–Trinajstić information content (AvgIpc) is 2.68. The highest BCUT2D eigenvalue weighted by Crippen LogP contribution is 2.29. The summed E-state index contributed by atoms with van der Waals surface area (Å²) < 4.78 is 0. The molecule has 2 aromatic rings. The molecule has 0 radical (unpaired) electrons. The molecule has 1 aliphatic rings. The summed E-state index contributed by atoms with van der Waals surface area (Å²) in [4.78, 5) is 13.3. The molecule has 5 nitrogen and oxygen atoms in total. The van der Waals surface area contributed by atoms with Crippen molar-refractivity contribution in [2.45, 2.75) is 36.0 Å². The summed E-state index contributed by atoms with van der Waals surface area (Å²) in [6.07, 6.45) is 1.61. The average molecular weight is 386 g/mol. The molecule has 4 N–H and O–H groups in total. The highest BCUT2D eigenvalue weighted by molar-refractivity contribution is 7.98. The van der Waals surface area contributed by atoms with E-state index < -0.39 is 5.60 Å². The molecule has 1 saturated heterocycles. The highest BCUT2D eigenvalue weighted by Gasteiger charge is 2.29. The van der Waals surface area contributed by atoms with Crippen molar-refractivity contribution in [2.75, 3.05) is 25.0 Å². The van der Waals surface area contributed by atoms with E-state index >= 15 is 0 Å². The fourth-order valence-corrected chi connectivity index (χ4v) is 4.02. The number of anilines is 1. The molecule has 2 amide bonds. The maximum Gasteiger partial charge on any atom is 0.319 e. The van der Waals surface area contributed by atoms with Gasteiger partial charge in [-0.15, -0.1) is 11.8 Å². The van der Waals surface area contributed by atoms with Gasteiger partial charge in [-0.3, -0.25) is 0 Å². The van der Waals surface area contributed by atoms with Crippen LogP contribution in [-0.2, 0) is 5.75 Å². The lowest BCUT2D eigenvalue weighted by atomic mass is 9.94. The van der Waals surface area contributed by atoms with Crippen molar-refractivity contribution in [2.24, 2.45) is 0 Å². The Morgan fingerprint density at radius 3 is 2.74 bits per heavy atom. The van der Waals surface area contributed by atoms with E-state index in [-0.39, 0.29) is 12.6 Å². The zero-order chi connectivity index (χ0) is 19.1. The third kappa shape index (κ3) is 5.99. The molecule has 0 saturated carbocycles. The first kappa shape index (κ1) is 19.7. The molecule has 1 unspecified atom stereocenters. The molecule has 6 heteroatoms. The van der Waals surface area contributed by atoms with Crippen LogP contribution in [0.3, 0.4) is 0 Å². The van der Waals surface area contributed by atoms with Crippen LogP contribution in [0.2, 0.25) is 0 Å². The number of piperidine rings is 1. The van der Waals surface area contributed by atoms with E-state index in [4.69, 9.17) is 0 Å². The number of nitrogens with one attached hydrogen (secondary N) is 3. The Morgan fingerprint density at radius 1 is 1.22 bits per heavy atom. The second-order valence-electron chi connectivity index (χ2n) is 7.08. The zero-order valence-electron chi connectivity index (χ0n) is 15.6. The van der Waals surface area contributed by atoms with Crippen molar-refractivity contribution in [1.29, 1.82) is 0 Å². The molecular weight excluding hydrogens is 358 g/mol. The minimum Gasteiger partial charge on any atom is -0.387 e. The lowest BCUT2D eigenvalue weighted by Crippen LogP contribution is -2.53. The maximum atomic E-state index is 12.3. The predicted octanol–water partition coefficient (Wildman–Crippen LogP) is 3.52. The number of aliphatic hydroxyl groups is 1. The zero-order valence-corrected chi connectivity index (χ0v) is 16.4. The van der Waals surface area contributed by atoms with Crippen LogP contribution in [-0.4, -0.2) is 36.4 Å². The number of carbonyl (C=O) groups excluding carboxylic acids is 1. The lowest BCUT2D eigenvalue weighted by Gasteiger charge is -2.32. The maximum absolute atomic E-state index is 12.3. The van der Waals surface area contributed by atoms with Crippen LogP contribution < -0.4 is 16.0 Å². The summed E-state index contributed by atoms with van der Waals surface area (Å²) in [5, 5.41) is 19.3. The second-order valence-corrected chi connectivity index (χ2v) is 8.10. The Labute approximate surface area is 164 Å². The van der Waals surface area contributed by atoms with E-state index in [2.05, 4.69) is 47.1 Å². The van der Waals surface area contributed by atoms with Crippen LogP contribution >= 0.6 is 11.8 Å². The van der Waals surface area contributed by atoms with Gasteiger partial charge in [-0.25, -0.2) is 4.79 Å². The standard InChI is InChI=1S/C21H27N3O2S/c1-16-7-9-17(10-8-16)13-27-19-6-3-2-5-18(19)24-20(25)23-15-21(26)11-4-12-22-14-21/h2-3,5-10,22,26H,4,11-15H2,1H3,(H2,23,24,25). The third-order valence-electron chi connectivity index (χ3n) is 4.68. The van der Waals surface area contributed by atoms with Crippen LogP contribution in [0.1, 0.15) is 24.0 Å². The van der Waals surface area contributed by atoms with E-state index in [0.717, 1.165) is 29.3 Å². The van der Waals surface area contributed by atoms with Crippen molar-refractivity contribution >= 4 is 23.5 Å². The first-order valence-corrected chi connectivity index (χ1v) is 10.3. The van der Waals surface area contributed by atoms with E-state index in [9.17, 15) is 9.90 Å². The van der Waals surface area contributed by atoms with Gasteiger partial charge in [0.15, 0.2) is 0 Å². The fourth-order valence-electron chi connectivity index (χ4n) is 3.06. The van der Waals surface area contributed by atoms with Gasteiger partial charge in [0.05, 0.1) is 11.3 Å². The Balaban J connectivity index is 1.55. The van der Waals surface area contributed by atoms with Gasteiger partial charge in [0.25, 0.3) is 0 Å². The first-order valence-electron chi connectivity index (χ1n) is 9.29. The number of amides is 2. The van der Waals surface area contributed by atoms with Crippen LogP contribution in [0.25, 0.3) is 0 Å². The van der Waals surface area contributed by atoms with Crippen LogP contribution in [0.15, 0.2) is 53.4 Å². The molecule has 0 aliphatic carbocycles. The lowest BCUT2D eigenvalue weighted by molar-refractivity contribution is 0.0198. The van der Waals surface area contributed by atoms with Crippen molar-refractivity contribution in [1.82, 2.24) is 10.6 Å². The Morgan fingerprint density at radius 2 is 2.00 bits per heavy atom. The largest absolute Gasteiger partial charge is 0.387 e. The predicted molar refractivity (Wildman–Crippen MR) is 111 cm³/mol. The van der Waals surface area contributed by atoms with Gasteiger partial charge < -0.3 is 21.1 Å². The number of rotatable bonds is 6. The van der Waals surface area contributed by atoms with Crippen molar-refractivity contribution in [3.05, 3.63) is 59.7 Å². The van der Waals surface area contributed by atoms with Crippen LogP contribution in [0.5, 0.6) is 0 Å². The molecule has 27 heavy (non-hydrogen) atoms. The Hall–Kier alpha value is -2.02. The van der Waals surface area contributed by atoms with Crippen LogP contribution in [0.4, 0.5) is 10.5 Å². The highest BCUT2D eigenvalue weighted by atomic mass is 32.2. The number of β-amino-alcohol motifs (C(OH)–C–C–N with tert-alkyl or cyclic N) is 1. The molecule has 1 heterocycles. The minimum absolute atomic E-state index is 0.241. The normalized spacial score (nSPS) is 19.5. The quantitative estimate of drug-likeness (QED) is 0.574. The molecule has 1 atom stereocenters. The SMILES string of the molecule is Cc1ccc(CSc2ccccc2NC(=O)NCC2(O)CCCNC2)cc1. The minimum atomic E-state index is -0.866. The number of hydrogen-bond acceptors (Lipinski definition) is 4. The smallest absolute Gasteiger partial charge is 0.319 e. The van der Waals surface area contributed by atoms with Gasteiger partial charge in [-0.1, -0.05) is 42.0 Å². The Bertz CT molecular complexity index is 758. The fraction of sp³-hybridized carbons (Fsp3) is 0.381. The molecule has 144 valence electrons. The van der Waals surface area contributed by atoms with Crippen LogP contribution in [0, 0.1) is 6.92 Å². The second kappa shape index (κ2) is 9.26. The third-order valence-corrected chi connectivity index (χ3v) is 5.82. The molecule has 1 aliphatic heterocycles. The molecule has 0 bridgehead atoms. The molecule has 2 aromatic carbocycles. The molecule has 3 rings (SSSR count). The number of carbonyl (C=O) groups is 1. The number of benzene rings is 2. The molecule has 0 aromatic heterocycles. The number of para-hydroxylation sites is 1. The van der Waals surface area contributed by atoms with Gasteiger partial charge in [0.2, 0.25) is 0 Å². The van der Waals surface area contributed by atoms with Gasteiger partial charge in [0.1, 0.15) is 0 Å². The monoisotopic (exact) mass is 385 g/mol. The van der Waals surface area contributed by atoms with Gasteiger partial charge in [-0.05, 0) is 44.0 Å². The topological polar surface area (TPSA) is 73.4 Å². The van der Waals surface area contributed by atoms with E-state index in [1.807, 2.05) is 24.3 Å². The summed E-state index contributed by atoms with van der Waals surface area (Å²) in [6, 6.07) is 16.0. The van der Waals surface area contributed by atoms with E-state index in [1.165, 1.54) is 11.1 Å². The molecular formula is C21H27N3O2S. The summed E-state index contributed by atoms with van der Waals surface area (Å²) in [7, 11) is 0.